The number of aromatic nitrogens is 1. The summed E-state index contributed by atoms with van der Waals surface area (Å²) in [6.45, 7) is 2.85. The van der Waals surface area contributed by atoms with Crippen molar-refractivity contribution in [2.24, 2.45) is 7.05 Å². The molecular formula is C23H21N3O3. The van der Waals surface area contributed by atoms with Gasteiger partial charge in [0, 0.05) is 44.3 Å². The number of carbonyl (C=O) groups excluding carboxylic acids is 1. The monoisotopic (exact) mass is 387 g/mol. The van der Waals surface area contributed by atoms with E-state index in [0.29, 0.717) is 29.8 Å². The van der Waals surface area contributed by atoms with E-state index >= 15 is 0 Å². The Bertz CT molecular complexity index is 1270. The third kappa shape index (κ3) is 2.88. The molecule has 4 aromatic rings. The number of hydrogen-bond acceptors (Lipinski definition) is 4. The van der Waals surface area contributed by atoms with E-state index in [1.807, 2.05) is 52.9 Å². The summed E-state index contributed by atoms with van der Waals surface area (Å²) in [5.74, 6) is -0.0557. The lowest BCUT2D eigenvalue weighted by atomic mass is 10.2. The van der Waals surface area contributed by atoms with Crippen LogP contribution in [0.2, 0.25) is 0 Å². The first-order chi connectivity index (χ1) is 14.1. The van der Waals surface area contributed by atoms with Crippen LogP contribution in [0.1, 0.15) is 10.5 Å². The summed E-state index contributed by atoms with van der Waals surface area (Å²) in [5, 5.41) is 1.27. The second-order valence-electron chi connectivity index (χ2n) is 7.35. The van der Waals surface area contributed by atoms with E-state index in [-0.39, 0.29) is 5.91 Å². The fraction of sp³-hybridized carbons (Fsp3) is 0.217. The summed E-state index contributed by atoms with van der Waals surface area (Å²) in [5.41, 5.74) is 2.54. The second-order valence-corrected chi connectivity index (χ2v) is 7.35. The normalized spacial score (nSPS) is 14.7. The van der Waals surface area contributed by atoms with Gasteiger partial charge in [-0.2, -0.15) is 0 Å². The molecule has 0 N–H and O–H groups in total. The third-order valence-electron chi connectivity index (χ3n) is 5.71. The number of carbonyl (C=O) groups is 1. The first-order valence-corrected chi connectivity index (χ1v) is 9.74. The number of para-hydroxylation sites is 2. The van der Waals surface area contributed by atoms with E-state index in [9.17, 15) is 9.59 Å². The quantitative estimate of drug-likeness (QED) is 0.496. The molecule has 0 aliphatic carbocycles. The Morgan fingerprint density at radius 2 is 1.59 bits per heavy atom. The molecule has 0 spiro atoms. The van der Waals surface area contributed by atoms with Crippen LogP contribution < -0.4 is 10.5 Å². The number of benzene rings is 2. The van der Waals surface area contributed by atoms with Crippen LogP contribution >= 0.6 is 0 Å². The van der Waals surface area contributed by atoms with Gasteiger partial charge in [0.2, 0.25) is 0 Å². The predicted molar refractivity (Wildman–Crippen MR) is 114 cm³/mol. The largest absolute Gasteiger partial charge is 0.422 e. The Balaban J connectivity index is 1.46. The van der Waals surface area contributed by atoms with Crippen molar-refractivity contribution in [1.82, 2.24) is 9.47 Å². The van der Waals surface area contributed by atoms with Gasteiger partial charge >= 0.3 is 5.63 Å². The molecule has 1 saturated heterocycles. The third-order valence-corrected chi connectivity index (χ3v) is 5.71. The summed E-state index contributed by atoms with van der Waals surface area (Å²) in [7, 11) is 1.83. The van der Waals surface area contributed by atoms with Gasteiger partial charge in [-0.25, -0.2) is 4.79 Å². The molecule has 1 fully saturated rings. The van der Waals surface area contributed by atoms with Gasteiger partial charge in [-0.3, -0.25) is 4.79 Å². The van der Waals surface area contributed by atoms with Crippen LogP contribution in [0.3, 0.4) is 0 Å². The zero-order chi connectivity index (χ0) is 20.0. The average Bonchev–Trinajstić information content (AvgIpc) is 3.12. The highest BCUT2D eigenvalue weighted by molar-refractivity contribution is 6.07. The van der Waals surface area contributed by atoms with Crippen LogP contribution in [-0.2, 0) is 7.05 Å². The van der Waals surface area contributed by atoms with Crippen LogP contribution in [0, 0.1) is 0 Å². The van der Waals surface area contributed by atoms with Crippen molar-refractivity contribution in [2.45, 2.75) is 0 Å². The highest BCUT2D eigenvalue weighted by atomic mass is 16.4. The Kier molecular flexibility index (Phi) is 4.12. The van der Waals surface area contributed by atoms with E-state index in [1.165, 1.54) is 5.69 Å². The number of nitrogens with zero attached hydrogens (tertiary/aromatic N) is 3. The molecule has 1 amide bonds. The van der Waals surface area contributed by atoms with Crippen molar-refractivity contribution in [3.05, 3.63) is 76.8 Å². The van der Waals surface area contributed by atoms with E-state index in [4.69, 9.17) is 4.42 Å². The molecule has 3 heterocycles. The topological polar surface area (TPSA) is 58.7 Å². The smallest absolute Gasteiger partial charge is 0.345 e. The Morgan fingerprint density at radius 3 is 2.34 bits per heavy atom. The first kappa shape index (κ1) is 17.6. The van der Waals surface area contributed by atoms with E-state index in [1.54, 1.807) is 12.1 Å². The predicted octanol–water partition coefficient (Wildman–Crippen LogP) is 3.25. The minimum Gasteiger partial charge on any atom is -0.422 e. The van der Waals surface area contributed by atoms with Gasteiger partial charge in [0.15, 0.2) is 0 Å². The van der Waals surface area contributed by atoms with Crippen molar-refractivity contribution in [2.75, 3.05) is 31.1 Å². The molecule has 0 saturated carbocycles. The molecule has 1 aliphatic heterocycles. The van der Waals surface area contributed by atoms with Crippen LogP contribution in [0.15, 0.2) is 69.9 Å². The van der Waals surface area contributed by atoms with Crippen LogP contribution in [0.4, 0.5) is 5.69 Å². The number of anilines is 1. The van der Waals surface area contributed by atoms with E-state index in [2.05, 4.69) is 17.0 Å². The molecule has 2 aromatic carbocycles. The van der Waals surface area contributed by atoms with Gasteiger partial charge in [-0.05, 0) is 30.3 Å². The molecule has 6 heteroatoms. The second kappa shape index (κ2) is 6.81. The minimum atomic E-state index is -0.415. The fourth-order valence-electron chi connectivity index (χ4n) is 4.16. The zero-order valence-corrected chi connectivity index (χ0v) is 16.2. The number of aryl methyl sites for hydroxylation is 1. The van der Waals surface area contributed by atoms with Crippen molar-refractivity contribution in [3.63, 3.8) is 0 Å². The lowest BCUT2D eigenvalue weighted by molar-refractivity contribution is 0.0737. The van der Waals surface area contributed by atoms with Gasteiger partial charge < -0.3 is 18.8 Å². The lowest BCUT2D eigenvalue weighted by Gasteiger charge is -2.36. The summed E-state index contributed by atoms with van der Waals surface area (Å²) in [6.07, 6.45) is 0. The maximum atomic E-state index is 13.2. The maximum absolute atomic E-state index is 13.2. The zero-order valence-electron chi connectivity index (χ0n) is 16.2. The molecule has 0 radical (unpaired) electrons. The standard InChI is InChI=1S/C23H21N3O3/c1-24-19(15-18-21(24)17-9-5-6-10-20(17)29-23(18)28)22(27)26-13-11-25(12-14-26)16-7-3-2-4-8-16/h2-10,15H,11-14H2,1H3. The maximum Gasteiger partial charge on any atom is 0.345 e. The molecule has 0 bridgehead atoms. The van der Waals surface area contributed by atoms with Crippen molar-refractivity contribution < 1.29 is 9.21 Å². The van der Waals surface area contributed by atoms with Gasteiger partial charge in [0.1, 0.15) is 11.3 Å². The van der Waals surface area contributed by atoms with Gasteiger partial charge in [-0.1, -0.05) is 30.3 Å². The Morgan fingerprint density at radius 1 is 0.897 bits per heavy atom. The van der Waals surface area contributed by atoms with Crippen molar-refractivity contribution in [1.29, 1.82) is 0 Å². The summed E-state index contributed by atoms with van der Waals surface area (Å²) < 4.78 is 7.25. The first-order valence-electron chi connectivity index (χ1n) is 9.74. The molecule has 1 aliphatic rings. The number of hydrogen-bond donors (Lipinski definition) is 0. The minimum absolute atomic E-state index is 0.0557. The molecule has 5 rings (SSSR count). The summed E-state index contributed by atoms with van der Waals surface area (Å²) >= 11 is 0. The molecule has 0 unspecified atom stereocenters. The Hall–Kier alpha value is -3.54. The van der Waals surface area contributed by atoms with E-state index < -0.39 is 5.63 Å². The van der Waals surface area contributed by atoms with E-state index in [0.717, 1.165) is 24.0 Å². The molecule has 2 aromatic heterocycles. The van der Waals surface area contributed by atoms with Gasteiger partial charge in [0.05, 0.1) is 10.9 Å². The Labute approximate surface area is 167 Å². The summed E-state index contributed by atoms with van der Waals surface area (Å²) in [6, 6.07) is 19.3. The van der Waals surface area contributed by atoms with Gasteiger partial charge in [-0.15, -0.1) is 0 Å². The number of amides is 1. The number of rotatable bonds is 2. The molecular weight excluding hydrogens is 366 g/mol. The number of fused-ring (bicyclic) bond motifs is 3. The molecule has 0 atom stereocenters. The highest BCUT2D eigenvalue weighted by Crippen LogP contribution is 2.26. The molecule has 6 nitrogen and oxygen atoms in total. The fourth-order valence-corrected chi connectivity index (χ4v) is 4.16. The SMILES string of the molecule is Cn1c(C(=O)N2CCN(c3ccccc3)CC2)cc2c(=O)oc3ccccc3c21. The average molecular weight is 387 g/mol. The number of piperazine rings is 1. The van der Waals surface area contributed by atoms with Gasteiger partial charge in [0.25, 0.3) is 5.91 Å². The van der Waals surface area contributed by atoms with Crippen molar-refractivity contribution in [3.8, 4) is 0 Å². The van der Waals surface area contributed by atoms with Crippen LogP contribution in [0.5, 0.6) is 0 Å². The summed E-state index contributed by atoms with van der Waals surface area (Å²) in [4.78, 5) is 29.8. The lowest BCUT2D eigenvalue weighted by Crippen LogP contribution is -2.49. The van der Waals surface area contributed by atoms with Crippen LogP contribution in [-0.4, -0.2) is 41.6 Å². The molecule has 146 valence electrons. The molecule has 29 heavy (non-hydrogen) atoms. The van der Waals surface area contributed by atoms with Crippen molar-refractivity contribution >= 4 is 33.5 Å². The van der Waals surface area contributed by atoms with Crippen LogP contribution in [0.25, 0.3) is 21.9 Å². The highest BCUT2D eigenvalue weighted by Gasteiger charge is 2.26.